The molecule has 0 radical (unpaired) electrons. The van der Waals surface area contributed by atoms with E-state index in [0.717, 1.165) is 16.1 Å². The molecule has 2 heterocycles. The number of nitrogens with one attached hydrogen (secondary N) is 1. The van der Waals surface area contributed by atoms with Crippen molar-refractivity contribution in [3.8, 4) is 5.88 Å². The molecule has 1 atom stereocenters. The summed E-state index contributed by atoms with van der Waals surface area (Å²) in [5.41, 5.74) is 2.03. The van der Waals surface area contributed by atoms with E-state index >= 15 is 0 Å². The molecule has 0 spiro atoms. The molecular formula is C11H17N5OS. The van der Waals surface area contributed by atoms with Crippen molar-refractivity contribution in [3.63, 3.8) is 0 Å². The van der Waals surface area contributed by atoms with Gasteiger partial charge in [0.1, 0.15) is 0 Å². The van der Waals surface area contributed by atoms with Gasteiger partial charge in [-0.15, -0.1) is 10.2 Å². The van der Waals surface area contributed by atoms with Gasteiger partial charge in [0.05, 0.1) is 17.7 Å². The number of hydrogen-bond acceptors (Lipinski definition) is 6. The van der Waals surface area contributed by atoms with E-state index < -0.39 is 0 Å². The third kappa shape index (κ3) is 2.68. The average Bonchev–Trinajstić information content (AvgIpc) is 2.92. The van der Waals surface area contributed by atoms with Gasteiger partial charge in [-0.1, -0.05) is 4.49 Å². The summed E-state index contributed by atoms with van der Waals surface area (Å²) in [4.78, 5) is 1.16. The van der Waals surface area contributed by atoms with Crippen LogP contribution < -0.4 is 10.1 Å². The molecule has 0 amide bonds. The van der Waals surface area contributed by atoms with E-state index in [1.54, 1.807) is 11.8 Å². The predicted molar refractivity (Wildman–Crippen MR) is 69.7 cm³/mol. The first-order valence-corrected chi connectivity index (χ1v) is 6.48. The lowest BCUT2D eigenvalue weighted by atomic mass is 10.2. The van der Waals surface area contributed by atoms with Crippen LogP contribution in [0.2, 0.25) is 0 Å². The Morgan fingerprint density at radius 3 is 2.94 bits per heavy atom. The fraction of sp³-hybridized carbons (Fsp3) is 0.545. The first kappa shape index (κ1) is 13.0. The number of hydrogen-bond donors (Lipinski definition) is 1. The Balaban J connectivity index is 2.01. The Morgan fingerprint density at radius 1 is 1.56 bits per heavy atom. The zero-order valence-electron chi connectivity index (χ0n) is 11.0. The van der Waals surface area contributed by atoms with Gasteiger partial charge in [-0.3, -0.25) is 4.68 Å². The molecule has 2 aromatic rings. The minimum Gasteiger partial charge on any atom is -0.480 e. The highest BCUT2D eigenvalue weighted by Crippen LogP contribution is 2.21. The molecule has 2 rings (SSSR count). The van der Waals surface area contributed by atoms with Gasteiger partial charge < -0.3 is 10.1 Å². The molecule has 6 nitrogen and oxygen atoms in total. The summed E-state index contributed by atoms with van der Waals surface area (Å²) in [6.07, 6.45) is 1.95. The monoisotopic (exact) mass is 267 g/mol. The molecule has 1 N–H and O–H groups in total. The average molecular weight is 267 g/mol. The van der Waals surface area contributed by atoms with Gasteiger partial charge in [0.2, 0.25) is 5.88 Å². The number of aryl methyl sites for hydroxylation is 2. The van der Waals surface area contributed by atoms with Crippen molar-refractivity contribution in [2.45, 2.75) is 26.4 Å². The molecule has 0 aromatic carbocycles. The minimum atomic E-state index is 0.218. The van der Waals surface area contributed by atoms with E-state index in [-0.39, 0.29) is 6.04 Å². The van der Waals surface area contributed by atoms with Gasteiger partial charge in [0.25, 0.3) is 0 Å². The Kier molecular flexibility index (Phi) is 3.93. The molecule has 0 fully saturated rings. The van der Waals surface area contributed by atoms with Crippen LogP contribution in [-0.4, -0.2) is 26.5 Å². The van der Waals surface area contributed by atoms with E-state index in [1.165, 1.54) is 11.5 Å². The van der Waals surface area contributed by atoms with Crippen LogP contribution in [0.3, 0.4) is 0 Å². The number of rotatable bonds is 5. The van der Waals surface area contributed by atoms with E-state index in [2.05, 4.69) is 26.9 Å². The van der Waals surface area contributed by atoms with Crippen molar-refractivity contribution < 1.29 is 4.74 Å². The highest BCUT2D eigenvalue weighted by Gasteiger charge is 2.14. The highest BCUT2D eigenvalue weighted by atomic mass is 32.1. The summed E-state index contributed by atoms with van der Waals surface area (Å²) in [6.45, 7) is 4.78. The van der Waals surface area contributed by atoms with E-state index in [1.807, 2.05) is 20.2 Å². The van der Waals surface area contributed by atoms with Crippen molar-refractivity contribution >= 4 is 11.5 Å². The van der Waals surface area contributed by atoms with Crippen LogP contribution >= 0.6 is 11.5 Å². The van der Waals surface area contributed by atoms with Crippen molar-refractivity contribution in [2.75, 3.05) is 7.11 Å². The molecule has 98 valence electrons. The van der Waals surface area contributed by atoms with Gasteiger partial charge >= 0.3 is 0 Å². The van der Waals surface area contributed by atoms with Crippen LogP contribution in [0, 0.1) is 6.92 Å². The van der Waals surface area contributed by atoms with Crippen LogP contribution in [0.5, 0.6) is 5.88 Å². The summed E-state index contributed by atoms with van der Waals surface area (Å²) < 4.78 is 10.9. The van der Waals surface area contributed by atoms with Gasteiger partial charge in [0, 0.05) is 31.4 Å². The number of nitrogens with zero attached hydrogens (tertiary/aromatic N) is 4. The second-order valence-electron chi connectivity index (χ2n) is 4.16. The van der Waals surface area contributed by atoms with Gasteiger partial charge in [-0.2, -0.15) is 0 Å². The third-order valence-electron chi connectivity index (χ3n) is 2.74. The quantitative estimate of drug-likeness (QED) is 0.888. The molecule has 7 heteroatoms. The largest absolute Gasteiger partial charge is 0.480 e. The predicted octanol–water partition coefficient (Wildman–Crippen LogP) is 1.44. The fourth-order valence-corrected chi connectivity index (χ4v) is 2.47. The molecule has 0 saturated carbocycles. The van der Waals surface area contributed by atoms with Crippen LogP contribution in [-0.2, 0) is 13.6 Å². The minimum absolute atomic E-state index is 0.218. The summed E-state index contributed by atoms with van der Waals surface area (Å²) in [7, 11) is 3.51. The van der Waals surface area contributed by atoms with Crippen molar-refractivity contribution in [2.24, 2.45) is 7.05 Å². The summed E-state index contributed by atoms with van der Waals surface area (Å²) in [5.74, 6) is 0.663. The molecule has 0 aliphatic rings. The second kappa shape index (κ2) is 5.45. The smallest absolute Gasteiger partial charge is 0.237 e. The van der Waals surface area contributed by atoms with Gasteiger partial charge in [-0.05, 0) is 25.4 Å². The molecule has 0 aliphatic carbocycles. The Labute approximate surface area is 110 Å². The first-order valence-electron chi connectivity index (χ1n) is 5.70. The Bertz CT molecular complexity index is 521. The van der Waals surface area contributed by atoms with Gasteiger partial charge in [-0.25, -0.2) is 0 Å². The van der Waals surface area contributed by atoms with E-state index in [9.17, 15) is 0 Å². The standard InChI is InChI=1S/C11H17N5OS/c1-7(10-8(2)13-15-18-10)12-5-9-6-16(3)14-11(9)17-4/h6-7,12H,5H2,1-4H3. The maximum Gasteiger partial charge on any atom is 0.237 e. The Hall–Kier alpha value is -1.47. The molecular weight excluding hydrogens is 250 g/mol. The van der Waals surface area contributed by atoms with E-state index in [0.29, 0.717) is 12.4 Å². The summed E-state index contributed by atoms with van der Waals surface area (Å²) in [5, 5.41) is 11.7. The van der Waals surface area contributed by atoms with Crippen molar-refractivity contribution in [1.29, 1.82) is 0 Å². The third-order valence-corrected chi connectivity index (χ3v) is 3.75. The highest BCUT2D eigenvalue weighted by molar-refractivity contribution is 7.05. The fourth-order valence-electron chi connectivity index (χ4n) is 1.80. The lowest BCUT2D eigenvalue weighted by Gasteiger charge is -2.11. The SMILES string of the molecule is COc1nn(C)cc1CNC(C)c1snnc1C. The molecule has 0 saturated heterocycles. The number of methoxy groups -OCH3 is 1. The van der Waals surface area contributed by atoms with Crippen LogP contribution in [0.25, 0.3) is 0 Å². The van der Waals surface area contributed by atoms with E-state index in [4.69, 9.17) is 4.74 Å². The van der Waals surface area contributed by atoms with Crippen molar-refractivity contribution in [3.05, 3.63) is 22.3 Å². The maximum atomic E-state index is 5.22. The molecule has 1 unspecified atom stereocenters. The summed E-state index contributed by atoms with van der Waals surface area (Å²) >= 11 is 1.43. The zero-order chi connectivity index (χ0) is 13.1. The maximum absolute atomic E-state index is 5.22. The molecule has 18 heavy (non-hydrogen) atoms. The second-order valence-corrected chi connectivity index (χ2v) is 4.95. The number of ether oxygens (including phenoxy) is 1. The molecule has 0 aliphatic heterocycles. The van der Waals surface area contributed by atoms with Crippen LogP contribution in [0.15, 0.2) is 6.20 Å². The molecule has 0 bridgehead atoms. The lowest BCUT2D eigenvalue weighted by Crippen LogP contribution is -2.18. The first-order chi connectivity index (χ1) is 8.61. The zero-order valence-corrected chi connectivity index (χ0v) is 11.8. The topological polar surface area (TPSA) is 64.9 Å². The molecule has 2 aromatic heterocycles. The summed E-state index contributed by atoms with van der Waals surface area (Å²) in [6, 6.07) is 0.218. The van der Waals surface area contributed by atoms with Gasteiger partial charge in [0.15, 0.2) is 0 Å². The Morgan fingerprint density at radius 2 is 2.33 bits per heavy atom. The van der Waals surface area contributed by atoms with Crippen LogP contribution in [0.4, 0.5) is 0 Å². The lowest BCUT2D eigenvalue weighted by molar-refractivity contribution is 0.385. The normalized spacial score (nSPS) is 12.7. The number of aromatic nitrogens is 4. The van der Waals surface area contributed by atoms with Crippen LogP contribution in [0.1, 0.15) is 29.1 Å². The van der Waals surface area contributed by atoms with Crippen molar-refractivity contribution in [1.82, 2.24) is 24.7 Å².